The maximum absolute atomic E-state index is 2.38. The van der Waals surface area contributed by atoms with Crippen molar-refractivity contribution in [2.75, 3.05) is 4.90 Å². The van der Waals surface area contributed by atoms with Crippen LogP contribution in [0.4, 0.5) is 17.1 Å². The molecule has 2 heteroatoms. The maximum atomic E-state index is 2.38. The van der Waals surface area contributed by atoms with E-state index in [9.17, 15) is 0 Å². The summed E-state index contributed by atoms with van der Waals surface area (Å²) in [6.07, 6.45) is 0. The van der Waals surface area contributed by atoms with Crippen molar-refractivity contribution in [1.82, 2.24) is 4.57 Å². The molecule has 0 N–H and O–H groups in total. The Balaban J connectivity index is 1.11. The van der Waals surface area contributed by atoms with Crippen molar-refractivity contribution >= 4 is 60.4 Å². The molecule has 0 unspecified atom stereocenters. The second-order valence-electron chi connectivity index (χ2n) is 13.3. The number of nitrogens with zero attached hydrogens (tertiary/aromatic N) is 2. The number of fused-ring (bicyclic) bond motifs is 5. The lowest BCUT2D eigenvalue weighted by Crippen LogP contribution is -2.09. The van der Waals surface area contributed by atoms with Gasteiger partial charge in [0.25, 0.3) is 0 Å². The summed E-state index contributed by atoms with van der Waals surface area (Å²) in [5, 5.41) is 7.54. The van der Waals surface area contributed by atoms with Gasteiger partial charge in [-0.1, -0.05) is 146 Å². The number of para-hydroxylation sites is 4. The number of hydrogen-bond acceptors (Lipinski definition) is 1. The fourth-order valence-electron chi connectivity index (χ4n) is 8.11. The lowest BCUT2D eigenvalue weighted by molar-refractivity contribution is 1.18. The molecular formula is C50H34N2. The van der Waals surface area contributed by atoms with Crippen LogP contribution >= 0.6 is 0 Å². The Hall–Kier alpha value is -6.90. The van der Waals surface area contributed by atoms with Crippen molar-refractivity contribution in [3.05, 3.63) is 206 Å². The summed E-state index contributed by atoms with van der Waals surface area (Å²) >= 11 is 0. The predicted octanol–water partition coefficient (Wildman–Crippen LogP) is 13.9. The molecule has 244 valence electrons. The molecule has 0 aliphatic rings. The average molecular weight is 663 g/mol. The van der Waals surface area contributed by atoms with Gasteiger partial charge in [-0.25, -0.2) is 0 Å². The van der Waals surface area contributed by atoms with Gasteiger partial charge in [-0.15, -0.1) is 0 Å². The van der Waals surface area contributed by atoms with E-state index in [0.717, 1.165) is 22.7 Å². The summed E-state index contributed by atoms with van der Waals surface area (Å²) in [6, 6.07) is 74.5. The van der Waals surface area contributed by atoms with Crippen LogP contribution in [-0.2, 0) is 0 Å². The Kier molecular flexibility index (Phi) is 7.18. The summed E-state index contributed by atoms with van der Waals surface area (Å²) in [7, 11) is 0. The van der Waals surface area contributed by atoms with Gasteiger partial charge < -0.3 is 9.47 Å². The fraction of sp³-hybridized carbons (Fsp3) is 0. The average Bonchev–Trinajstić information content (AvgIpc) is 3.56. The zero-order valence-electron chi connectivity index (χ0n) is 28.5. The van der Waals surface area contributed by atoms with Crippen LogP contribution in [0.15, 0.2) is 206 Å². The summed E-state index contributed by atoms with van der Waals surface area (Å²) in [5.74, 6) is 0. The number of rotatable bonds is 6. The van der Waals surface area contributed by atoms with Crippen LogP contribution < -0.4 is 4.90 Å². The fourth-order valence-corrected chi connectivity index (χ4v) is 8.11. The highest BCUT2D eigenvalue weighted by Crippen LogP contribution is 2.45. The highest BCUT2D eigenvalue weighted by atomic mass is 15.1. The highest BCUT2D eigenvalue weighted by molar-refractivity contribution is 6.21. The first-order chi connectivity index (χ1) is 25.8. The molecule has 10 rings (SSSR count). The second kappa shape index (κ2) is 12.5. The van der Waals surface area contributed by atoms with E-state index in [-0.39, 0.29) is 0 Å². The number of hydrogen-bond donors (Lipinski definition) is 0. The van der Waals surface area contributed by atoms with E-state index in [0.29, 0.717) is 0 Å². The molecule has 0 aliphatic carbocycles. The minimum absolute atomic E-state index is 1.12. The number of aromatic nitrogens is 1. The standard InChI is InChI=1S/C50H34N2/c1-3-15-37(16-4-1)51(38-17-5-2-6-18-38)39-31-27-35(28-32-39)49-43-21-7-9-23-45(43)50(46-24-10-8-22-44(46)49)36-29-33-40(34-30-36)52-47-25-13-11-19-41(47)42-20-12-14-26-48(42)52/h1-34H. The van der Waals surface area contributed by atoms with Gasteiger partial charge in [0.2, 0.25) is 0 Å². The summed E-state index contributed by atoms with van der Waals surface area (Å²) in [4.78, 5) is 2.31. The van der Waals surface area contributed by atoms with Crippen molar-refractivity contribution in [2.45, 2.75) is 0 Å². The van der Waals surface area contributed by atoms with Crippen LogP contribution in [0.3, 0.4) is 0 Å². The van der Waals surface area contributed by atoms with Gasteiger partial charge in [-0.05, 0) is 104 Å². The summed E-state index contributed by atoms with van der Waals surface area (Å²) < 4.78 is 2.38. The van der Waals surface area contributed by atoms with Gasteiger partial charge in [0.1, 0.15) is 0 Å². The van der Waals surface area contributed by atoms with Gasteiger partial charge in [0.15, 0.2) is 0 Å². The predicted molar refractivity (Wildman–Crippen MR) is 221 cm³/mol. The molecule has 0 radical (unpaired) electrons. The molecule has 52 heavy (non-hydrogen) atoms. The van der Waals surface area contributed by atoms with Crippen molar-refractivity contribution in [1.29, 1.82) is 0 Å². The van der Waals surface area contributed by atoms with Crippen LogP contribution in [0.25, 0.3) is 71.3 Å². The van der Waals surface area contributed by atoms with Gasteiger partial charge >= 0.3 is 0 Å². The molecule has 0 saturated carbocycles. The lowest BCUT2D eigenvalue weighted by Gasteiger charge is -2.25. The molecule has 0 fully saturated rings. The largest absolute Gasteiger partial charge is 0.311 e. The van der Waals surface area contributed by atoms with Crippen LogP contribution in [0.1, 0.15) is 0 Å². The molecule has 0 bridgehead atoms. The highest BCUT2D eigenvalue weighted by Gasteiger charge is 2.18. The van der Waals surface area contributed by atoms with E-state index in [1.165, 1.54) is 65.6 Å². The molecule has 0 atom stereocenters. The zero-order chi connectivity index (χ0) is 34.4. The third-order valence-corrected chi connectivity index (χ3v) is 10.4. The Morgan fingerprint density at radius 3 is 1.02 bits per heavy atom. The van der Waals surface area contributed by atoms with Crippen LogP contribution in [0.2, 0.25) is 0 Å². The minimum Gasteiger partial charge on any atom is -0.311 e. The van der Waals surface area contributed by atoms with Crippen LogP contribution in [-0.4, -0.2) is 4.57 Å². The molecule has 0 spiro atoms. The van der Waals surface area contributed by atoms with Crippen molar-refractivity contribution in [3.8, 4) is 27.9 Å². The number of anilines is 3. The molecule has 0 aliphatic heterocycles. The van der Waals surface area contributed by atoms with Crippen molar-refractivity contribution < 1.29 is 0 Å². The molecule has 2 nitrogen and oxygen atoms in total. The number of benzene rings is 9. The SMILES string of the molecule is c1ccc(N(c2ccccc2)c2ccc(-c3c4ccccc4c(-c4ccc(-n5c6ccccc6c6ccccc65)cc4)c4ccccc34)cc2)cc1. The molecule has 0 amide bonds. The first-order valence-corrected chi connectivity index (χ1v) is 17.9. The second-order valence-corrected chi connectivity index (χ2v) is 13.3. The summed E-state index contributed by atoms with van der Waals surface area (Å²) in [6.45, 7) is 0. The summed E-state index contributed by atoms with van der Waals surface area (Å²) in [5.41, 5.74) is 11.9. The minimum atomic E-state index is 1.12. The van der Waals surface area contributed by atoms with E-state index in [2.05, 4.69) is 216 Å². The van der Waals surface area contributed by atoms with Crippen molar-refractivity contribution in [3.63, 3.8) is 0 Å². The van der Waals surface area contributed by atoms with Gasteiger partial charge in [-0.2, -0.15) is 0 Å². The monoisotopic (exact) mass is 662 g/mol. The Labute approximate surface area is 303 Å². The lowest BCUT2D eigenvalue weighted by atomic mass is 9.86. The third-order valence-electron chi connectivity index (χ3n) is 10.4. The van der Waals surface area contributed by atoms with E-state index in [1.807, 2.05) is 0 Å². The Morgan fingerprint density at radius 1 is 0.269 bits per heavy atom. The van der Waals surface area contributed by atoms with E-state index < -0.39 is 0 Å². The molecule has 10 aromatic rings. The van der Waals surface area contributed by atoms with Gasteiger partial charge in [0, 0.05) is 33.5 Å². The van der Waals surface area contributed by atoms with Crippen LogP contribution in [0, 0.1) is 0 Å². The zero-order valence-corrected chi connectivity index (χ0v) is 28.5. The first-order valence-electron chi connectivity index (χ1n) is 17.9. The Bertz CT molecular complexity index is 2720. The van der Waals surface area contributed by atoms with Crippen molar-refractivity contribution in [2.24, 2.45) is 0 Å². The topological polar surface area (TPSA) is 8.17 Å². The first kappa shape index (κ1) is 30.0. The maximum Gasteiger partial charge on any atom is 0.0541 e. The smallest absolute Gasteiger partial charge is 0.0541 e. The van der Waals surface area contributed by atoms with E-state index >= 15 is 0 Å². The van der Waals surface area contributed by atoms with E-state index in [4.69, 9.17) is 0 Å². The molecule has 9 aromatic carbocycles. The van der Waals surface area contributed by atoms with Gasteiger partial charge in [0.05, 0.1) is 11.0 Å². The quantitative estimate of drug-likeness (QED) is 0.161. The molecular weight excluding hydrogens is 629 g/mol. The third kappa shape index (κ3) is 4.88. The van der Waals surface area contributed by atoms with Gasteiger partial charge in [-0.3, -0.25) is 0 Å². The molecule has 1 aromatic heterocycles. The normalized spacial score (nSPS) is 11.5. The van der Waals surface area contributed by atoms with Crippen LogP contribution in [0.5, 0.6) is 0 Å². The Morgan fingerprint density at radius 2 is 0.596 bits per heavy atom. The molecule has 1 heterocycles. The van der Waals surface area contributed by atoms with E-state index in [1.54, 1.807) is 0 Å². The molecule has 0 saturated heterocycles.